The lowest BCUT2D eigenvalue weighted by Gasteiger charge is -2.40. The molecule has 38 heavy (non-hydrogen) atoms. The van der Waals surface area contributed by atoms with Crippen molar-refractivity contribution >= 4 is 29.2 Å². The minimum absolute atomic E-state index is 0.101. The maximum atomic E-state index is 12.8. The number of hydrogen-bond acceptors (Lipinski definition) is 7. The number of benzene rings is 2. The highest BCUT2D eigenvalue weighted by atomic mass is 16.6. The summed E-state index contributed by atoms with van der Waals surface area (Å²) in [6.45, 7) is 8.89. The number of hydrogen-bond donors (Lipinski definition) is 2. The van der Waals surface area contributed by atoms with Crippen molar-refractivity contribution in [1.29, 1.82) is 0 Å². The van der Waals surface area contributed by atoms with E-state index in [1.54, 1.807) is 24.3 Å². The Labute approximate surface area is 224 Å². The first kappa shape index (κ1) is 27.8. The van der Waals surface area contributed by atoms with E-state index in [9.17, 15) is 14.4 Å². The molecular weight excluding hydrogens is 484 g/mol. The topological polar surface area (TPSA) is 114 Å². The van der Waals surface area contributed by atoms with Gasteiger partial charge in [0.2, 0.25) is 11.8 Å². The average molecular weight is 523 g/mol. The van der Waals surface area contributed by atoms with Crippen LogP contribution in [0.4, 0.5) is 11.4 Å². The number of rotatable bonds is 7. The van der Waals surface area contributed by atoms with Crippen molar-refractivity contribution in [3.05, 3.63) is 59.7 Å². The van der Waals surface area contributed by atoms with Crippen LogP contribution in [0.25, 0.3) is 0 Å². The van der Waals surface area contributed by atoms with Crippen LogP contribution in [0.1, 0.15) is 49.5 Å². The largest absolute Gasteiger partial charge is 0.456 e. The second-order valence-electron chi connectivity index (χ2n) is 10.9. The van der Waals surface area contributed by atoms with E-state index in [4.69, 9.17) is 15.2 Å². The Balaban J connectivity index is 1.27. The average Bonchev–Trinajstić information content (AvgIpc) is 2.89. The van der Waals surface area contributed by atoms with Gasteiger partial charge in [0, 0.05) is 43.7 Å². The zero-order valence-electron chi connectivity index (χ0n) is 22.4. The highest BCUT2D eigenvalue weighted by Crippen LogP contribution is 2.22. The summed E-state index contributed by atoms with van der Waals surface area (Å²) in [6.07, 6.45) is 2.31. The summed E-state index contributed by atoms with van der Waals surface area (Å²) in [6, 6.07) is 13.8. The van der Waals surface area contributed by atoms with Gasteiger partial charge in [-0.1, -0.05) is 12.1 Å². The number of anilines is 2. The highest BCUT2D eigenvalue weighted by molar-refractivity contribution is 5.96. The number of carbonyl (C=O) groups excluding carboxylic acids is 3. The standard InChI is InChI=1S/C29H38N4O5/c1-29(2,3)38-28(36)21-6-8-22(9-7-21)31-27(35)25(30)18-20-4-10-24(11-5-20)33-15-14-32(19-26(33)34)23-12-16-37-17-13-23/h4-11,23,25H,12-19,30H2,1-3H3,(H,31,35). The van der Waals surface area contributed by atoms with Crippen LogP contribution in [0.15, 0.2) is 48.5 Å². The molecule has 2 heterocycles. The third kappa shape index (κ3) is 7.40. The lowest BCUT2D eigenvalue weighted by Crippen LogP contribution is -2.54. The zero-order valence-corrected chi connectivity index (χ0v) is 22.4. The molecule has 2 aliphatic rings. The fraction of sp³-hybridized carbons (Fsp3) is 0.483. The van der Waals surface area contributed by atoms with Gasteiger partial charge in [-0.05, 0) is 82.0 Å². The van der Waals surface area contributed by atoms with E-state index in [-0.39, 0.29) is 11.8 Å². The Kier molecular flexibility index (Phi) is 8.81. The molecule has 0 aromatic heterocycles. The van der Waals surface area contributed by atoms with Crippen LogP contribution in [0.3, 0.4) is 0 Å². The van der Waals surface area contributed by atoms with Crippen LogP contribution in [0, 0.1) is 0 Å². The summed E-state index contributed by atoms with van der Waals surface area (Å²) in [7, 11) is 0. The summed E-state index contributed by atoms with van der Waals surface area (Å²) in [5.41, 5.74) is 8.31. The Hall–Kier alpha value is -3.27. The molecule has 3 N–H and O–H groups in total. The van der Waals surface area contributed by atoms with Crippen molar-refractivity contribution in [3.8, 4) is 0 Å². The molecule has 204 valence electrons. The molecule has 9 heteroatoms. The molecule has 0 spiro atoms. The van der Waals surface area contributed by atoms with Gasteiger partial charge in [0.25, 0.3) is 0 Å². The lowest BCUT2D eigenvalue weighted by atomic mass is 10.0. The zero-order chi connectivity index (χ0) is 27.3. The van der Waals surface area contributed by atoms with E-state index in [0.29, 0.717) is 36.8 Å². The summed E-state index contributed by atoms with van der Waals surface area (Å²) in [4.78, 5) is 41.8. The minimum Gasteiger partial charge on any atom is -0.456 e. The number of nitrogens with zero attached hydrogens (tertiary/aromatic N) is 2. The summed E-state index contributed by atoms with van der Waals surface area (Å²) < 4.78 is 10.8. The second kappa shape index (κ2) is 12.1. The summed E-state index contributed by atoms with van der Waals surface area (Å²) >= 11 is 0. The predicted molar refractivity (Wildman–Crippen MR) is 146 cm³/mol. The first-order valence-electron chi connectivity index (χ1n) is 13.2. The summed E-state index contributed by atoms with van der Waals surface area (Å²) in [5, 5.41) is 2.79. The number of nitrogens with one attached hydrogen (secondary N) is 1. The molecular formula is C29H38N4O5. The van der Waals surface area contributed by atoms with Gasteiger partial charge in [-0.15, -0.1) is 0 Å². The normalized spacial score (nSPS) is 18.2. The first-order valence-corrected chi connectivity index (χ1v) is 13.2. The molecule has 4 rings (SSSR count). The first-order chi connectivity index (χ1) is 18.1. The molecule has 9 nitrogen and oxygen atoms in total. The van der Waals surface area contributed by atoms with E-state index in [0.717, 1.165) is 43.9 Å². The quantitative estimate of drug-likeness (QED) is 0.538. The number of piperazine rings is 1. The van der Waals surface area contributed by atoms with Gasteiger partial charge < -0.3 is 25.4 Å². The fourth-order valence-corrected chi connectivity index (χ4v) is 4.75. The minimum atomic E-state index is -0.754. The number of esters is 1. The molecule has 2 fully saturated rings. The maximum Gasteiger partial charge on any atom is 0.338 e. The van der Waals surface area contributed by atoms with E-state index in [1.807, 2.05) is 49.9 Å². The van der Waals surface area contributed by atoms with Crippen molar-refractivity contribution in [1.82, 2.24) is 4.90 Å². The van der Waals surface area contributed by atoms with E-state index in [1.165, 1.54) is 0 Å². The molecule has 2 amide bonds. The Bertz CT molecular complexity index is 1120. The smallest absolute Gasteiger partial charge is 0.338 e. The molecule has 2 saturated heterocycles. The Morgan fingerprint density at radius 2 is 1.71 bits per heavy atom. The van der Waals surface area contributed by atoms with Gasteiger partial charge in [-0.2, -0.15) is 0 Å². The van der Waals surface area contributed by atoms with Crippen LogP contribution in [0.2, 0.25) is 0 Å². The number of carbonyl (C=O) groups is 3. The SMILES string of the molecule is CC(C)(C)OC(=O)c1ccc(NC(=O)C(N)Cc2ccc(N3CCN(C4CCOCC4)CC3=O)cc2)cc1. The molecule has 2 aromatic carbocycles. The molecule has 0 saturated carbocycles. The molecule has 0 bridgehead atoms. The van der Waals surface area contributed by atoms with Crippen molar-refractivity contribution in [2.45, 2.75) is 57.7 Å². The van der Waals surface area contributed by atoms with Gasteiger partial charge in [-0.3, -0.25) is 14.5 Å². The van der Waals surface area contributed by atoms with Crippen LogP contribution in [-0.4, -0.2) is 73.2 Å². The van der Waals surface area contributed by atoms with Crippen molar-refractivity contribution < 1.29 is 23.9 Å². The van der Waals surface area contributed by atoms with Crippen molar-refractivity contribution in [3.63, 3.8) is 0 Å². The van der Waals surface area contributed by atoms with Gasteiger partial charge in [0.1, 0.15) is 5.60 Å². The molecule has 0 aliphatic carbocycles. The maximum absolute atomic E-state index is 12.8. The van der Waals surface area contributed by atoms with Gasteiger partial charge in [0.15, 0.2) is 0 Å². The highest BCUT2D eigenvalue weighted by Gasteiger charge is 2.30. The number of amides is 2. The van der Waals surface area contributed by atoms with E-state index in [2.05, 4.69) is 10.2 Å². The molecule has 2 aromatic rings. The monoisotopic (exact) mass is 522 g/mol. The number of nitrogens with two attached hydrogens (primary N) is 1. The molecule has 1 atom stereocenters. The van der Waals surface area contributed by atoms with Crippen LogP contribution in [-0.2, 0) is 25.5 Å². The Morgan fingerprint density at radius 3 is 2.32 bits per heavy atom. The second-order valence-corrected chi connectivity index (χ2v) is 10.9. The summed E-state index contributed by atoms with van der Waals surface area (Å²) in [5.74, 6) is -0.638. The van der Waals surface area contributed by atoms with Gasteiger partial charge >= 0.3 is 5.97 Å². The van der Waals surface area contributed by atoms with E-state index < -0.39 is 17.6 Å². The van der Waals surface area contributed by atoms with Gasteiger partial charge in [0.05, 0.1) is 18.2 Å². The Morgan fingerprint density at radius 1 is 1.05 bits per heavy atom. The van der Waals surface area contributed by atoms with Crippen LogP contribution >= 0.6 is 0 Å². The third-order valence-corrected chi connectivity index (χ3v) is 6.78. The molecule has 2 aliphatic heterocycles. The van der Waals surface area contributed by atoms with E-state index >= 15 is 0 Å². The lowest BCUT2D eigenvalue weighted by molar-refractivity contribution is -0.122. The molecule has 1 unspecified atom stereocenters. The predicted octanol–water partition coefficient (Wildman–Crippen LogP) is 2.98. The van der Waals surface area contributed by atoms with Crippen LogP contribution < -0.4 is 16.0 Å². The van der Waals surface area contributed by atoms with Crippen LogP contribution in [0.5, 0.6) is 0 Å². The van der Waals surface area contributed by atoms with Gasteiger partial charge in [-0.25, -0.2) is 4.79 Å². The van der Waals surface area contributed by atoms with Crippen molar-refractivity contribution in [2.75, 3.05) is 43.1 Å². The molecule has 0 radical (unpaired) electrons. The van der Waals surface area contributed by atoms with Crippen molar-refractivity contribution in [2.24, 2.45) is 5.73 Å². The number of ether oxygens (including phenoxy) is 2. The third-order valence-electron chi connectivity index (χ3n) is 6.78. The fourth-order valence-electron chi connectivity index (χ4n) is 4.75.